The van der Waals surface area contributed by atoms with Gasteiger partial charge in [-0.3, -0.25) is 0 Å². The quantitative estimate of drug-likeness (QED) is 0.878. The third-order valence-electron chi connectivity index (χ3n) is 3.28. The van der Waals surface area contributed by atoms with Crippen molar-refractivity contribution in [2.45, 2.75) is 42.6 Å². The highest BCUT2D eigenvalue weighted by molar-refractivity contribution is 7.91. The summed E-state index contributed by atoms with van der Waals surface area (Å²) >= 11 is 0. The second-order valence-electron chi connectivity index (χ2n) is 4.69. The van der Waals surface area contributed by atoms with E-state index in [1.807, 2.05) is 6.92 Å². The summed E-state index contributed by atoms with van der Waals surface area (Å²) in [5.41, 5.74) is 0.229. The maximum Gasteiger partial charge on any atom is 0.341 e. The van der Waals surface area contributed by atoms with Gasteiger partial charge in [0.05, 0.1) is 16.7 Å². The predicted molar refractivity (Wildman–Crippen MR) is 71.7 cm³/mol. The molecule has 0 heterocycles. The van der Waals surface area contributed by atoms with Crippen molar-refractivity contribution in [1.82, 2.24) is 0 Å². The zero-order valence-electron chi connectivity index (χ0n) is 11.1. The van der Waals surface area contributed by atoms with E-state index < -0.39 is 15.6 Å². The molecule has 0 bridgehead atoms. The van der Waals surface area contributed by atoms with Crippen molar-refractivity contribution in [3.63, 3.8) is 0 Å². The van der Waals surface area contributed by atoms with Gasteiger partial charge < -0.3 is 10.1 Å². The number of ether oxygens (including phenoxy) is 1. The molecule has 0 radical (unpaired) electrons. The van der Waals surface area contributed by atoms with Crippen molar-refractivity contribution < 1.29 is 21.9 Å². The van der Waals surface area contributed by atoms with Gasteiger partial charge in [0.25, 0.3) is 0 Å². The molecule has 20 heavy (non-hydrogen) atoms. The number of sulfone groups is 1. The largest absolute Gasteiger partial charge is 0.381 e. The fraction of sp³-hybridized carbons (Fsp3) is 0.538. The highest BCUT2D eigenvalue weighted by Crippen LogP contribution is 2.31. The van der Waals surface area contributed by atoms with E-state index in [2.05, 4.69) is 5.32 Å². The molecular weight excluding hydrogens is 288 g/mol. The Morgan fingerprint density at radius 2 is 2.00 bits per heavy atom. The molecule has 1 fully saturated rings. The first-order valence-corrected chi connectivity index (χ1v) is 7.99. The van der Waals surface area contributed by atoms with E-state index in [0.29, 0.717) is 6.61 Å². The number of benzene rings is 1. The molecule has 1 N–H and O–H groups in total. The predicted octanol–water partition coefficient (Wildman–Crippen LogP) is 2.66. The Labute approximate surface area is 117 Å². The smallest absolute Gasteiger partial charge is 0.341 e. The standard InChI is InChI=1S/C13H17F2NO3S/c1-2-19-10-7-9(8-10)16-11-5-3-4-6-12(11)20(17,18)13(14)15/h3-6,9-10,13,16H,2,7-8H2,1H3. The highest BCUT2D eigenvalue weighted by atomic mass is 32.2. The maximum absolute atomic E-state index is 12.6. The Balaban J connectivity index is 2.11. The van der Waals surface area contributed by atoms with Gasteiger partial charge in [-0.15, -0.1) is 0 Å². The van der Waals surface area contributed by atoms with Gasteiger partial charge in [0, 0.05) is 12.6 Å². The molecule has 1 aromatic carbocycles. The molecule has 0 spiro atoms. The van der Waals surface area contributed by atoms with Crippen LogP contribution in [0.4, 0.5) is 14.5 Å². The van der Waals surface area contributed by atoms with E-state index in [4.69, 9.17) is 4.74 Å². The van der Waals surface area contributed by atoms with Crippen LogP contribution in [0.15, 0.2) is 29.2 Å². The fourth-order valence-corrected chi connectivity index (χ4v) is 3.10. The van der Waals surface area contributed by atoms with E-state index >= 15 is 0 Å². The Hall–Kier alpha value is -1.21. The number of alkyl halides is 2. The van der Waals surface area contributed by atoms with Gasteiger partial charge in [-0.2, -0.15) is 8.78 Å². The lowest BCUT2D eigenvalue weighted by Crippen LogP contribution is -2.41. The summed E-state index contributed by atoms with van der Waals surface area (Å²) in [6, 6.07) is 5.81. The zero-order valence-corrected chi connectivity index (χ0v) is 11.9. The molecule has 1 aromatic rings. The Morgan fingerprint density at radius 3 is 2.60 bits per heavy atom. The van der Waals surface area contributed by atoms with Crippen molar-refractivity contribution in [2.75, 3.05) is 11.9 Å². The molecule has 1 saturated carbocycles. The summed E-state index contributed by atoms with van der Waals surface area (Å²) in [7, 11) is -4.59. The van der Waals surface area contributed by atoms with Crippen LogP contribution in [-0.4, -0.2) is 32.9 Å². The fourth-order valence-electron chi connectivity index (χ4n) is 2.21. The number of para-hydroxylation sites is 1. The monoisotopic (exact) mass is 305 g/mol. The van der Waals surface area contributed by atoms with Crippen molar-refractivity contribution in [3.05, 3.63) is 24.3 Å². The first kappa shape index (κ1) is 15.2. The molecule has 0 amide bonds. The van der Waals surface area contributed by atoms with Gasteiger partial charge >= 0.3 is 5.76 Å². The molecular formula is C13H17F2NO3S. The zero-order chi connectivity index (χ0) is 14.8. The number of hydrogen-bond acceptors (Lipinski definition) is 4. The third kappa shape index (κ3) is 3.09. The molecule has 1 aliphatic rings. The minimum absolute atomic E-state index is 0.0561. The highest BCUT2D eigenvalue weighted by Gasteiger charge is 2.33. The molecule has 0 atom stereocenters. The topological polar surface area (TPSA) is 55.4 Å². The van der Waals surface area contributed by atoms with Crippen LogP contribution in [0.5, 0.6) is 0 Å². The van der Waals surface area contributed by atoms with Crippen molar-refractivity contribution >= 4 is 15.5 Å². The van der Waals surface area contributed by atoms with E-state index in [0.717, 1.165) is 12.8 Å². The summed E-state index contributed by atoms with van der Waals surface area (Å²) < 4.78 is 53.9. The Morgan fingerprint density at radius 1 is 1.35 bits per heavy atom. The molecule has 1 aliphatic carbocycles. The molecule has 0 saturated heterocycles. The molecule has 0 unspecified atom stereocenters. The van der Waals surface area contributed by atoms with Crippen LogP contribution < -0.4 is 5.32 Å². The minimum Gasteiger partial charge on any atom is -0.381 e. The summed E-state index contributed by atoms with van der Waals surface area (Å²) in [4.78, 5) is -0.352. The summed E-state index contributed by atoms with van der Waals surface area (Å²) in [5.74, 6) is -3.41. The number of hydrogen-bond donors (Lipinski definition) is 1. The normalized spacial score (nSPS) is 22.6. The average Bonchev–Trinajstić information content (AvgIpc) is 2.36. The minimum atomic E-state index is -4.59. The van der Waals surface area contributed by atoms with Crippen LogP contribution in [-0.2, 0) is 14.6 Å². The van der Waals surface area contributed by atoms with E-state index in [1.54, 1.807) is 6.07 Å². The second kappa shape index (κ2) is 6.05. The molecule has 0 aromatic heterocycles. The summed E-state index contributed by atoms with van der Waals surface area (Å²) in [6.45, 7) is 2.54. The lowest BCUT2D eigenvalue weighted by atomic mass is 9.89. The number of anilines is 1. The molecule has 4 nitrogen and oxygen atoms in total. The van der Waals surface area contributed by atoms with Crippen molar-refractivity contribution in [1.29, 1.82) is 0 Å². The summed E-state index contributed by atoms with van der Waals surface area (Å²) in [5, 5.41) is 3.00. The van der Waals surface area contributed by atoms with E-state index in [1.165, 1.54) is 18.2 Å². The first-order chi connectivity index (χ1) is 9.45. The van der Waals surface area contributed by atoms with Gasteiger partial charge in [-0.05, 0) is 31.9 Å². The van der Waals surface area contributed by atoms with Crippen molar-refractivity contribution in [2.24, 2.45) is 0 Å². The van der Waals surface area contributed by atoms with Gasteiger partial charge in [-0.1, -0.05) is 12.1 Å². The van der Waals surface area contributed by atoms with Crippen LogP contribution >= 0.6 is 0 Å². The first-order valence-electron chi connectivity index (χ1n) is 6.44. The van der Waals surface area contributed by atoms with Crippen LogP contribution in [0.2, 0.25) is 0 Å². The number of nitrogens with one attached hydrogen (secondary N) is 1. The van der Waals surface area contributed by atoms with Gasteiger partial charge in [0.2, 0.25) is 9.84 Å². The van der Waals surface area contributed by atoms with Crippen LogP contribution in [0.3, 0.4) is 0 Å². The van der Waals surface area contributed by atoms with E-state index in [9.17, 15) is 17.2 Å². The molecule has 112 valence electrons. The maximum atomic E-state index is 12.6. The van der Waals surface area contributed by atoms with Gasteiger partial charge in [0.15, 0.2) is 0 Å². The van der Waals surface area contributed by atoms with Crippen LogP contribution in [0.1, 0.15) is 19.8 Å². The summed E-state index contributed by atoms with van der Waals surface area (Å²) in [6.07, 6.45) is 1.66. The molecule has 0 aliphatic heterocycles. The average molecular weight is 305 g/mol. The SMILES string of the molecule is CCOC1CC(Nc2ccccc2S(=O)(=O)C(F)F)C1. The number of rotatable bonds is 6. The van der Waals surface area contributed by atoms with E-state index in [-0.39, 0.29) is 22.7 Å². The molecule has 2 rings (SSSR count). The van der Waals surface area contributed by atoms with Gasteiger partial charge in [0.1, 0.15) is 0 Å². The van der Waals surface area contributed by atoms with Crippen LogP contribution in [0, 0.1) is 0 Å². The molecule has 7 heteroatoms. The number of halogens is 2. The van der Waals surface area contributed by atoms with Crippen LogP contribution in [0.25, 0.3) is 0 Å². The lowest BCUT2D eigenvalue weighted by molar-refractivity contribution is 0.00295. The van der Waals surface area contributed by atoms with Gasteiger partial charge in [-0.25, -0.2) is 8.42 Å². The third-order valence-corrected chi connectivity index (χ3v) is 4.72. The lowest BCUT2D eigenvalue weighted by Gasteiger charge is -2.36. The van der Waals surface area contributed by atoms with Crippen molar-refractivity contribution in [3.8, 4) is 0 Å². The Bertz CT molecular complexity index is 556. The Kier molecular flexibility index (Phi) is 4.59. The second-order valence-corrected chi connectivity index (χ2v) is 6.58.